The van der Waals surface area contributed by atoms with Crippen molar-refractivity contribution in [2.45, 2.75) is 26.7 Å². The number of likely N-dealkylation sites (tertiary alicyclic amines) is 1. The third-order valence-electron chi connectivity index (χ3n) is 4.10. The molecule has 1 aromatic carbocycles. The van der Waals surface area contributed by atoms with Gasteiger partial charge in [-0.15, -0.1) is 0 Å². The largest absolute Gasteiger partial charge is 0.481 e. The summed E-state index contributed by atoms with van der Waals surface area (Å²) in [5.41, 5.74) is 2.03. The molecule has 120 valence electrons. The van der Waals surface area contributed by atoms with E-state index in [4.69, 9.17) is 5.11 Å². The van der Waals surface area contributed by atoms with E-state index in [0.717, 1.165) is 37.2 Å². The molecule has 1 atom stereocenters. The monoisotopic (exact) mass is 304 g/mol. The summed E-state index contributed by atoms with van der Waals surface area (Å²) in [7, 11) is 0. The van der Waals surface area contributed by atoms with Crippen LogP contribution in [0.25, 0.3) is 0 Å². The molecule has 0 bridgehead atoms. The SMILES string of the molecule is Cc1ccc(N(CC(=O)N2CCCC2)CC(C)C(=O)O)cc1. The number of aliphatic carboxylic acids is 1. The second-order valence-corrected chi connectivity index (χ2v) is 6.04. The van der Waals surface area contributed by atoms with Gasteiger partial charge in [-0.3, -0.25) is 9.59 Å². The van der Waals surface area contributed by atoms with Crippen LogP contribution < -0.4 is 4.90 Å². The van der Waals surface area contributed by atoms with Gasteiger partial charge in [0.05, 0.1) is 12.5 Å². The molecule has 1 fully saturated rings. The Morgan fingerprint density at radius 3 is 2.36 bits per heavy atom. The standard InChI is InChI=1S/C17H24N2O3/c1-13-5-7-15(8-6-13)19(11-14(2)17(21)22)12-16(20)18-9-3-4-10-18/h5-8,14H,3-4,9-12H2,1-2H3,(H,21,22). The van der Waals surface area contributed by atoms with Crippen LogP contribution in [0.5, 0.6) is 0 Å². The molecule has 1 heterocycles. The molecule has 1 N–H and O–H groups in total. The fourth-order valence-corrected chi connectivity index (χ4v) is 2.66. The molecular formula is C17H24N2O3. The maximum absolute atomic E-state index is 12.4. The molecule has 5 nitrogen and oxygen atoms in total. The fourth-order valence-electron chi connectivity index (χ4n) is 2.66. The number of benzene rings is 1. The first-order valence-corrected chi connectivity index (χ1v) is 7.79. The van der Waals surface area contributed by atoms with E-state index in [1.165, 1.54) is 0 Å². The predicted octanol–water partition coefficient (Wildman–Crippen LogP) is 2.14. The number of rotatable bonds is 6. The molecule has 1 aromatic rings. The van der Waals surface area contributed by atoms with Crippen molar-refractivity contribution < 1.29 is 14.7 Å². The lowest BCUT2D eigenvalue weighted by Crippen LogP contribution is -2.41. The Morgan fingerprint density at radius 1 is 1.23 bits per heavy atom. The minimum Gasteiger partial charge on any atom is -0.481 e. The van der Waals surface area contributed by atoms with Crippen LogP contribution in [0.1, 0.15) is 25.3 Å². The minimum atomic E-state index is -0.842. The van der Waals surface area contributed by atoms with Gasteiger partial charge in [0.25, 0.3) is 0 Å². The van der Waals surface area contributed by atoms with Gasteiger partial charge in [0.1, 0.15) is 0 Å². The minimum absolute atomic E-state index is 0.0793. The summed E-state index contributed by atoms with van der Waals surface area (Å²) in [5.74, 6) is -1.28. The number of carbonyl (C=O) groups is 2. The van der Waals surface area contributed by atoms with Crippen molar-refractivity contribution in [1.29, 1.82) is 0 Å². The van der Waals surface area contributed by atoms with Gasteiger partial charge < -0.3 is 14.9 Å². The van der Waals surface area contributed by atoms with Crippen molar-refractivity contribution in [3.8, 4) is 0 Å². The van der Waals surface area contributed by atoms with E-state index in [1.54, 1.807) is 6.92 Å². The molecule has 22 heavy (non-hydrogen) atoms. The molecule has 0 aliphatic carbocycles. The number of aryl methyl sites for hydroxylation is 1. The van der Waals surface area contributed by atoms with Crippen LogP contribution in [-0.2, 0) is 9.59 Å². The Balaban J connectivity index is 2.11. The fraction of sp³-hybridized carbons (Fsp3) is 0.529. The maximum atomic E-state index is 12.4. The molecule has 0 aromatic heterocycles. The average Bonchev–Trinajstić information content (AvgIpc) is 3.01. The normalized spacial score (nSPS) is 15.6. The number of hydrogen-bond donors (Lipinski definition) is 1. The number of anilines is 1. The van der Waals surface area contributed by atoms with Gasteiger partial charge in [-0.1, -0.05) is 24.6 Å². The zero-order valence-corrected chi connectivity index (χ0v) is 13.3. The highest BCUT2D eigenvalue weighted by atomic mass is 16.4. The molecule has 2 rings (SSSR count). The Kier molecular flexibility index (Phi) is 5.41. The van der Waals surface area contributed by atoms with E-state index in [2.05, 4.69) is 0 Å². The van der Waals surface area contributed by atoms with Crippen LogP contribution in [0, 0.1) is 12.8 Å². The molecule has 5 heteroatoms. The summed E-state index contributed by atoms with van der Waals surface area (Å²) in [6, 6.07) is 7.85. The molecular weight excluding hydrogens is 280 g/mol. The van der Waals surface area contributed by atoms with E-state index >= 15 is 0 Å². The topological polar surface area (TPSA) is 60.9 Å². The van der Waals surface area contributed by atoms with Gasteiger partial charge in [0.2, 0.25) is 5.91 Å². The molecule has 1 unspecified atom stereocenters. The van der Waals surface area contributed by atoms with E-state index < -0.39 is 11.9 Å². The number of hydrogen-bond acceptors (Lipinski definition) is 3. The Hall–Kier alpha value is -2.04. The van der Waals surface area contributed by atoms with Crippen molar-refractivity contribution in [2.75, 3.05) is 31.1 Å². The summed E-state index contributed by atoms with van der Waals surface area (Å²) in [4.78, 5) is 27.3. The van der Waals surface area contributed by atoms with E-state index in [1.807, 2.05) is 41.0 Å². The smallest absolute Gasteiger partial charge is 0.308 e. The number of carboxylic acids is 1. The van der Waals surface area contributed by atoms with Crippen molar-refractivity contribution in [1.82, 2.24) is 4.90 Å². The van der Waals surface area contributed by atoms with Gasteiger partial charge >= 0.3 is 5.97 Å². The van der Waals surface area contributed by atoms with Gasteiger partial charge in [-0.25, -0.2) is 0 Å². The first-order valence-electron chi connectivity index (χ1n) is 7.79. The molecule has 0 spiro atoms. The second-order valence-electron chi connectivity index (χ2n) is 6.04. The number of amides is 1. The van der Waals surface area contributed by atoms with Crippen LogP contribution >= 0.6 is 0 Å². The van der Waals surface area contributed by atoms with Crippen molar-refractivity contribution in [3.05, 3.63) is 29.8 Å². The van der Waals surface area contributed by atoms with Crippen LogP contribution in [-0.4, -0.2) is 48.1 Å². The zero-order chi connectivity index (χ0) is 16.1. The molecule has 0 radical (unpaired) electrons. The van der Waals surface area contributed by atoms with E-state index in [0.29, 0.717) is 6.54 Å². The van der Waals surface area contributed by atoms with E-state index in [9.17, 15) is 9.59 Å². The van der Waals surface area contributed by atoms with E-state index in [-0.39, 0.29) is 12.5 Å². The van der Waals surface area contributed by atoms with Crippen molar-refractivity contribution in [2.24, 2.45) is 5.92 Å². The van der Waals surface area contributed by atoms with Crippen molar-refractivity contribution in [3.63, 3.8) is 0 Å². The van der Waals surface area contributed by atoms with Crippen LogP contribution in [0.3, 0.4) is 0 Å². The number of carbonyl (C=O) groups excluding carboxylic acids is 1. The Labute approximate surface area is 131 Å². The lowest BCUT2D eigenvalue weighted by Gasteiger charge is -2.28. The summed E-state index contributed by atoms with van der Waals surface area (Å²) in [5, 5.41) is 9.15. The summed E-state index contributed by atoms with van der Waals surface area (Å²) >= 11 is 0. The molecule has 1 aliphatic rings. The molecule has 1 aliphatic heterocycles. The van der Waals surface area contributed by atoms with Gasteiger partial charge in [0, 0.05) is 25.3 Å². The van der Waals surface area contributed by atoms with Crippen LogP contribution in [0.4, 0.5) is 5.69 Å². The predicted molar refractivity (Wildman–Crippen MR) is 86.0 cm³/mol. The van der Waals surface area contributed by atoms with Crippen LogP contribution in [0.15, 0.2) is 24.3 Å². The second kappa shape index (κ2) is 7.29. The average molecular weight is 304 g/mol. The Bertz CT molecular complexity index is 521. The zero-order valence-electron chi connectivity index (χ0n) is 13.3. The van der Waals surface area contributed by atoms with Gasteiger partial charge in [-0.2, -0.15) is 0 Å². The lowest BCUT2D eigenvalue weighted by molar-refractivity contribution is -0.141. The van der Waals surface area contributed by atoms with Crippen molar-refractivity contribution >= 4 is 17.6 Å². The number of carboxylic acid groups (broad SMARTS) is 1. The maximum Gasteiger partial charge on any atom is 0.308 e. The first-order chi connectivity index (χ1) is 10.5. The number of nitrogens with zero attached hydrogens (tertiary/aromatic N) is 2. The molecule has 0 saturated carbocycles. The van der Waals surface area contributed by atoms with Gasteiger partial charge in [-0.05, 0) is 31.9 Å². The summed E-state index contributed by atoms with van der Waals surface area (Å²) in [6.45, 7) is 5.87. The molecule has 1 amide bonds. The summed E-state index contributed by atoms with van der Waals surface area (Å²) in [6.07, 6.45) is 2.11. The first kappa shape index (κ1) is 16.3. The van der Waals surface area contributed by atoms with Crippen LogP contribution in [0.2, 0.25) is 0 Å². The Morgan fingerprint density at radius 2 is 1.82 bits per heavy atom. The third-order valence-corrected chi connectivity index (χ3v) is 4.10. The molecule has 1 saturated heterocycles. The van der Waals surface area contributed by atoms with Gasteiger partial charge in [0.15, 0.2) is 0 Å². The summed E-state index contributed by atoms with van der Waals surface area (Å²) < 4.78 is 0. The highest BCUT2D eigenvalue weighted by molar-refractivity contribution is 5.82. The highest BCUT2D eigenvalue weighted by Crippen LogP contribution is 2.18. The third kappa shape index (κ3) is 4.23. The quantitative estimate of drug-likeness (QED) is 0.875. The highest BCUT2D eigenvalue weighted by Gasteiger charge is 2.23. The lowest BCUT2D eigenvalue weighted by atomic mass is 10.1.